The molecule has 5 heteroatoms. The topological polar surface area (TPSA) is 39.7 Å². The highest BCUT2D eigenvalue weighted by atomic mass is 19.1. The molecule has 0 spiro atoms. The van der Waals surface area contributed by atoms with E-state index in [4.69, 9.17) is 0 Å². The van der Waals surface area contributed by atoms with Crippen molar-refractivity contribution in [1.29, 1.82) is 0 Å². The lowest BCUT2D eigenvalue weighted by Crippen LogP contribution is -2.42. The van der Waals surface area contributed by atoms with Gasteiger partial charge in [-0.15, -0.1) is 0 Å². The molecule has 0 aromatic heterocycles. The fourth-order valence-electron chi connectivity index (χ4n) is 2.11. The largest absolute Gasteiger partial charge is 0.356 e. The van der Waals surface area contributed by atoms with E-state index in [1.165, 1.54) is 6.07 Å². The number of nitrogens with one attached hydrogen (secondary N) is 2. The lowest BCUT2D eigenvalue weighted by molar-refractivity contribution is 0.297. The first-order valence-electron chi connectivity index (χ1n) is 7.44. The molecule has 0 aliphatic heterocycles. The number of nitrogens with zero attached hydrogens (tertiary/aromatic N) is 2. The van der Waals surface area contributed by atoms with Crippen LogP contribution in [0.15, 0.2) is 29.3 Å². The van der Waals surface area contributed by atoms with Gasteiger partial charge in [0.05, 0.1) is 6.04 Å². The van der Waals surface area contributed by atoms with Crippen LogP contribution in [0.3, 0.4) is 0 Å². The van der Waals surface area contributed by atoms with Crippen LogP contribution in [-0.2, 0) is 0 Å². The summed E-state index contributed by atoms with van der Waals surface area (Å²) in [5, 5.41) is 6.58. The highest BCUT2D eigenvalue weighted by Gasteiger charge is 2.15. The number of unbranched alkanes of at least 4 members (excludes halogenated alkanes) is 1. The minimum Gasteiger partial charge on any atom is -0.356 e. The first-order valence-corrected chi connectivity index (χ1v) is 7.44. The maximum absolute atomic E-state index is 13.4. The summed E-state index contributed by atoms with van der Waals surface area (Å²) in [4.78, 5) is 6.27. The zero-order valence-electron chi connectivity index (χ0n) is 13.5. The van der Waals surface area contributed by atoms with Crippen molar-refractivity contribution < 1.29 is 4.39 Å². The van der Waals surface area contributed by atoms with Crippen molar-refractivity contribution in [3.8, 4) is 0 Å². The van der Waals surface area contributed by atoms with E-state index >= 15 is 0 Å². The fourth-order valence-corrected chi connectivity index (χ4v) is 2.11. The van der Waals surface area contributed by atoms with Gasteiger partial charge in [0.15, 0.2) is 5.96 Å². The molecule has 4 nitrogen and oxygen atoms in total. The third-order valence-electron chi connectivity index (χ3n) is 3.37. The summed E-state index contributed by atoms with van der Waals surface area (Å²) >= 11 is 0. The molecule has 1 unspecified atom stereocenters. The Morgan fingerprint density at radius 1 is 1.33 bits per heavy atom. The van der Waals surface area contributed by atoms with E-state index in [0.717, 1.165) is 30.9 Å². The van der Waals surface area contributed by atoms with Gasteiger partial charge < -0.3 is 15.5 Å². The van der Waals surface area contributed by atoms with Gasteiger partial charge in [-0.25, -0.2) is 4.39 Å². The standard InChI is InChI=1S/C16H27FN4/c1-5-6-10-19-16(18-2)20-12-15(21(3)4)13-8-7-9-14(17)11-13/h7-9,11,15H,5-6,10,12H2,1-4H3,(H2,18,19,20). The first-order chi connectivity index (χ1) is 10.1. The van der Waals surface area contributed by atoms with E-state index in [1.54, 1.807) is 19.2 Å². The molecule has 21 heavy (non-hydrogen) atoms. The number of hydrogen-bond donors (Lipinski definition) is 2. The molecule has 1 atom stereocenters. The van der Waals surface area contributed by atoms with Crippen molar-refractivity contribution in [1.82, 2.24) is 15.5 Å². The first kappa shape index (κ1) is 17.4. The molecule has 0 saturated heterocycles. The Kier molecular flexibility index (Phi) is 7.75. The van der Waals surface area contributed by atoms with Crippen LogP contribution in [0.2, 0.25) is 0 Å². The summed E-state index contributed by atoms with van der Waals surface area (Å²) < 4.78 is 13.4. The van der Waals surface area contributed by atoms with Gasteiger partial charge >= 0.3 is 0 Å². The second-order valence-electron chi connectivity index (χ2n) is 5.27. The number of aliphatic imine (C=N–C) groups is 1. The van der Waals surface area contributed by atoms with Crippen LogP contribution in [0.4, 0.5) is 4.39 Å². The number of guanidine groups is 1. The molecule has 0 saturated carbocycles. The van der Waals surface area contributed by atoms with E-state index in [9.17, 15) is 4.39 Å². The van der Waals surface area contributed by atoms with Gasteiger partial charge in [-0.3, -0.25) is 4.99 Å². The summed E-state index contributed by atoms with van der Waals surface area (Å²) in [6.07, 6.45) is 2.26. The average molecular weight is 294 g/mol. The monoisotopic (exact) mass is 294 g/mol. The van der Waals surface area contributed by atoms with E-state index in [0.29, 0.717) is 6.54 Å². The minimum absolute atomic E-state index is 0.0884. The molecule has 1 aromatic carbocycles. The van der Waals surface area contributed by atoms with Crippen molar-refractivity contribution in [2.75, 3.05) is 34.2 Å². The van der Waals surface area contributed by atoms with Crippen LogP contribution in [0.5, 0.6) is 0 Å². The zero-order chi connectivity index (χ0) is 15.7. The molecular weight excluding hydrogens is 267 g/mol. The average Bonchev–Trinajstić information content (AvgIpc) is 2.45. The zero-order valence-corrected chi connectivity index (χ0v) is 13.5. The van der Waals surface area contributed by atoms with E-state index in [-0.39, 0.29) is 11.9 Å². The quantitative estimate of drug-likeness (QED) is 0.461. The smallest absolute Gasteiger partial charge is 0.191 e. The van der Waals surface area contributed by atoms with Crippen molar-refractivity contribution in [3.05, 3.63) is 35.6 Å². The Bertz CT molecular complexity index is 446. The molecule has 0 heterocycles. The highest BCUT2D eigenvalue weighted by Crippen LogP contribution is 2.18. The molecule has 0 fully saturated rings. The summed E-state index contributed by atoms with van der Waals surface area (Å²) in [6.45, 7) is 3.73. The third kappa shape index (κ3) is 6.12. The molecule has 1 rings (SSSR count). The molecule has 0 aliphatic carbocycles. The number of halogens is 1. The maximum Gasteiger partial charge on any atom is 0.191 e. The second kappa shape index (κ2) is 9.34. The molecule has 0 radical (unpaired) electrons. The van der Waals surface area contributed by atoms with Gasteiger partial charge in [-0.1, -0.05) is 25.5 Å². The van der Waals surface area contributed by atoms with Gasteiger partial charge in [0, 0.05) is 20.1 Å². The predicted molar refractivity (Wildman–Crippen MR) is 87.1 cm³/mol. The fraction of sp³-hybridized carbons (Fsp3) is 0.562. The Balaban J connectivity index is 2.63. The van der Waals surface area contributed by atoms with E-state index in [2.05, 4.69) is 27.4 Å². The number of hydrogen-bond acceptors (Lipinski definition) is 2. The molecule has 0 amide bonds. The van der Waals surface area contributed by atoms with Crippen molar-refractivity contribution in [2.45, 2.75) is 25.8 Å². The number of likely N-dealkylation sites (N-methyl/N-ethyl adjacent to an activating group) is 1. The predicted octanol–water partition coefficient (Wildman–Crippen LogP) is 2.39. The number of benzene rings is 1. The van der Waals surface area contributed by atoms with E-state index in [1.807, 2.05) is 20.2 Å². The van der Waals surface area contributed by atoms with Gasteiger partial charge in [0.1, 0.15) is 5.82 Å². The van der Waals surface area contributed by atoms with E-state index < -0.39 is 0 Å². The van der Waals surface area contributed by atoms with Gasteiger partial charge in [-0.05, 0) is 38.2 Å². The summed E-state index contributed by atoms with van der Waals surface area (Å²) in [7, 11) is 5.74. The summed E-state index contributed by atoms with van der Waals surface area (Å²) in [5.41, 5.74) is 0.955. The lowest BCUT2D eigenvalue weighted by Gasteiger charge is -2.26. The SMILES string of the molecule is CCCCNC(=NC)NCC(c1cccc(F)c1)N(C)C. The lowest BCUT2D eigenvalue weighted by atomic mass is 10.1. The van der Waals surface area contributed by atoms with Crippen LogP contribution in [0, 0.1) is 5.82 Å². The Morgan fingerprint density at radius 3 is 2.67 bits per heavy atom. The normalized spacial score (nSPS) is 13.3. The van der Waals surface area contributed by atoms with Crippen molar-refractivity contribution in [3.63, 3.8) is 0 Å². The van der Waals surface area contributed by atoms with Crippen molar-refractivity contribution in [2.24, 2.45) is 4.99 Å². The van der Waals surface area contributed by atoms with Crippen LogP contribution in [0.25, 0.3) is 0 Å². The Labute approximate surface area is 127 Å². The van der Waals surface area contributed by atoms with Crippen molar-refractivity contribution >= 4 is 5.96 Å². The Hall–Kier alpha value is -1.62. The maximum atomic E-state index is 13.4. The highest BCUT2D eigenvalue weighted by molar-refractivity contribution is 5.79. The molecule has 2 N–H and O–H groups in total. The summed E-state index contributed by atoms with van der Waals surface area (Å²) in [5.74, 6) is 0.580. The second-order valence-corrected chi connectivity index (χ2v) is 5.27. The van der Waals surface area contributed by atoms with Gasteiger partial charge in [0.25, 0.3) is 0 Å². The van der Waals surface area contributed by atoms with Gasteiger partial charge in [-0.2, -0.15) is 0 Å². The van der Waals surface area contributed by atoms with Crippen LogP contribution in [-0.4, -0.2) is 45.1 Å². The van der Waals surface area contributed by atoms with Crippen LogP contribution >= 0.6 is 0 Å². The Morgan fingerprint density at radius 2 is 2.10 bits per heavy atom. The molecule has 0 aliphatic rings. The molecule has 0 bridgehead atoms. The van der Waals surface area contributed by atoms with Crippen LogP contribution < -0.4 is 10.6 Å². The molecular formula is C16H27FN4. The molecule has 1 aromatic rings. The molecule has 118 valence electrons. The third-order valence-corrected chi connectivity index (χ3v) is 3.37. The minimum atomic E-state index is -0.204. The summed E-state index contributed by atoms with van der Waals surface area (Å²) in [6, 6.07) is 6.83. The van der Waals surface area contributed by atoms with Crippen LogP contribution in [0.1, 0.15) is 31.4 Å². The van der Waals surface area contributed by atoms with Gasteiger partial charge in [0.2, 0.25) is 0 Å². The number of rotatable bonds is 7.